The zero-order valence-corrected chi connectivity index (χ0v) is 29.0. The summed E-state index contributed by atoms with van der Waals surface area (Å²) in [6.45, 7) is 0. The highest BCUT2D eigenvalue weighted by Gasteiger charge is 2.20. The highest BCUT2D eigenvalue weighted by atomic mass is 28.2. The Kier molecular flexibility index (Phi) is 7.11. The highest BCUT2D eigenvalue weighted by molar-refractivity contribution is 6.67. The van der Waals surface area contributed by atoms with Crippen molar-refractivity contribution >= 4 is 73.8 Å². The van der Waals surface area contributed by atoms with Crippen LogP contribution in [0.5, 0.6) is 0 Å². The summed E-state index contributed by atoms with van der Waals surface area (Å²) in [6, 6.07) is 71.8. The molecule has 0 saturated heterocycles. The molecule has 10 aromatic carbocycles. The van der Waals surface area contributed by atoms with E-state index < -0.39 is 0 Å². The molecule has 0 aromatic heterocycles. The van der Waals surface area contributed by atoms with E-state index in [2.05, 4.69) is 194 Å². The van der Waals surface area contributed by atoms with Crippen LogP contribution in [0.15, 0.2) is 194 Å². The second-order valence-electron chi connectivity index (χ2n) is 13.4. The van der Waals surface area contributed by atoms with E-state index in [1.165, 1.54) is 97.6 Å². The van der Waals surface area contributed by atoms with E-state index in [-0.39, 0.29) is 0 Å². The lowest BCUT2D eigenvalue weighted by atomic mass is 9.83. The molecule has 0 nitrogen and oxygen atoms in total. The molecule has 0 N–H and O–H groups in total. The Labute approximate surface area is 300 Å². The van der Waals surface area contributed by atoms with Crippen molar-refractivity contribution in [2.24, 2.45) is 0 Å². The molecule has 0 heterocycles. The van der Waals surface area contributed by atoms with Crippen LogP contribution in [0.1, 0.15) is 0 Å². The van der Waals surface area contributed by atoms with Crippen LogP contribution >= 0.6 is 0 Å². The summed E-state index contributed by atoms with van der Waals surface area (Å²) in [5.74, 6) is 0. The summed E-state index contributed by atoms with van der Waals surface area (Å²) in [5, 5.41) is 15.5. The van der Waals surface area contributed by atoms with Crippen molar-refractivity contribution in [3.8, 4) is 33.4 Å². The number of rotatable bonds is 5. The second kappa shape index (κ2) is 12.2. The van der Waals surface area contributed by atoms with Gasteiger partial charge in [0.15, 0.2) is 0 Å². The van der Waals surface area contributed by atoms with Gasteiger partial charge in [-0.3, -0.25) is 0 Å². The van der Waals surface area contributed by atoms with Crippen molar-refractivity contribution < 1.29 is 0 Å². The van der Waals surface area contributed by atoms with Gasteiger partial charge in [0, 0.05) is 0 Å². The lowest BCUT2D eigenvalue weighted by Gasteiger charge is -2.20. The third-order valence-electron chi connectivity index (χ3n) is 10.4. The van der Waals surface area contributed by atoms with Crippen LogP contribution < -0.4 is 10.4 Å². The maximum Gasteiger partial charge on any atom is 0.121 e. The summed E-state index contributed by atoms with van der Waals surface area (Å²) < 4.78 is 0. The van der Waals surface area contributed by atoms with Gasteiger partial charge in [0.25, 0.3) is 0 Å². The van der Waals surface area contributed by atoms with E-state index in [1.807, 2.05) is 0 Å². The van der Waals surface area contributed by atoms with Gasteiger partial charge in [0.1, 0.15) is 9.52 Å². The minimum Gasteiger partial charge on any atom is -0.0631 e. The van der Waals surface area contributed by atoms with Gasteiger partial charge >= 0.3 is 0 Å². The van der Waals surface area contributed by atoms with Gasteiger partial charge in [-0.15, -0.1) is 0 Å². The van der Waals surface area contributed by atoms with E-state index in [9.17, 15) is 0 Å². The quantitative estimate of drug-likeness (QED) is 0.0979. The van der Waals surface area contributed by atoms with Crippen molar-refractivity contribution in [2.45, 2.75) is 0 Å². The molecule has 236 valence electrons. The van der Waals surface area contributed by atoms with Gasteiger partial charge < -0.3 is 0 Å². The van der Waals surface area contributed by atoms with Crippen molar-refractivity contribution in [2.75, 3.05) is 0 Å². The molecule has 0 bridgehead atoms. The van der Waals surface area contributed by atoms with Crippen LogP contribution in [0.2, 0.25) is 0 Å². The first-order chi connectivity index (χ1) is 25.3. The molecule has 0 amide bonds. The van der Waals surface area contributed by atoms with Gasteiger partial charge in [0.05, 0.1) is 0 Å². The fraction of sp³-hybridized carbons (Fsp3) is 0. The topological polar surface area (TPSA) is 0 Å². The zero-order chi connectivity index (χ0) is 33.7. The van der Waals surface area contributed by atoms with Crippen LogP contribution in [-0.4, -0.2) is 9.52 Å². The fourth-order valence-electron chi connectivity index (χ4n) is 8.00. The van der Waals surface area contributed by atoms with Gasteiger partial charge in [-0.1, -0.05) is 192 Å². The lowest BCUT2D eigenvalue weighted by molar-refractivity contribution is 1.63. The molecule has 1 heteroatoms. The molecule has 10 rings (SSSR count). The molecule has 10 aromatic rings. The SMILES string of the molecule is c1ccc([Si]c2ccc3c(-c4cc5ccccc5c5ccccc45)c4ccccc4c(-c4ccc(-c5ccc6ccccc6c5)cc4)c3c2)cc1. The van der Waals surface area contributed by atoms with Gasteiger partial charge in [-0.05, 0) is 99.4 Å². The fourth-order valence-corrected chi connectivity index (χ4v) is 9.08. The first kappa shape index (κ1) is 29.6. The number of fused-ring (bicyclic) bond motifs is 6. The number of hydrogen-bond donors (Lipinski definition) is 0. The van der Waals surface area contributed by atoms with Gasteiger partial charge in [0.2, 0.25) is 0 Å². The zero-order valence-electron chi connectivity index (χ0n) is 28.0. The van der Waals surface area contributed by atoms with Crippen molar-refractivity contribution in [3.05, 3.63) is 194 Å². The van der Waals surface area contributed by atoms with E-state index >= 15 is 0 Å². The molecule has 0 spiro atoms. The summed E-state index contributed by atoms with van der Waals surface area (Å²) >= 11 is 0. The number of hydrogen-bond acceptors (Lipinski definition) is 0. The molecule has 0 aliphatic rings. The van der Waals surface area contributed by atoms with E-state index in [0.717, 1.165) is 0 Å². The van der Waals surface area contributed by atoms with Gasteiger partial charge in [-0.25, -0.2) is 0 Å². The van der Waals surface area contributed by atoms with Crippen LogP contribution in [0, 0.1) is 0 Å². The van der Waals surface area contributed by atoms with Gasteiger partial charge in [-0.2, -0.15) is 0 Å². The summed E-state index contributed by atoms with van der Waals surface area (Å²) in [4.78, 5) is 0. The second-order valence-corrected chi connectivity index (χ2v) is 14.8. The third kappa shape index (κ3) is 5.14. The Morgan fingerprint density at radius 1 is 0.255 bits per heavy atom. The van der Waals surface area contributed by atoms with Crippen LogP contribution in [0.25, 0.3) is 87.2 Å². The summed E-state index contributed by atoms with van der Waals surface area (Å²) in [7, 11) is 0.577. The monoisotopic (exact) mass is 660 g/mol. The Bertz CT molecular complexity index is 2920. The first-order valence-corrected chi connectivity index (χ1v) is 18.6. The Balaban J connectivity index is 1.24. The minimum atomic E-state index is 0.577. The normalized spacial score (nSPS) is 11.6. The lowest BCUT2D eigenvalue weighted by Crippen LogP contribution is -2.26. The largest absolute Gasteiger partial charge is 0.121 e. The molecular formula is C50H32Si. The maximum atomic E-state index is 2.46. The molecule has 2 radical (unpaired) electrons. The Morgan fingerprint density at radius 3 is 1.61 bits per heavy atom. The van der Waals surface area contributed by atoms with Crippen molar-refractivity contribution in [1.29, 1.82) is 0 Å². The predicted molar refractivity (Wildman–Crippen MR) is 222 cm³/mol. The molecule has 0 saturated carbocycles. The average molecular weight is 661 g/mol. The smallest absolute Gasteiger partial charge is 0.0631 e. The average Bonchev–Trinajstić information content (AvgIpc) is 3.20. The molecule has 0 atom stereocenters. The summed E-state index contributed by atoms with van der Waals surface area (Å²) in [5.41, 5.74) is 7.56. The Hall–Kier alpha value is -6.28. The maximum absolute atomic E-state index is 2.46. The molecule has 0 unspecified atom stereocenters. The standard InChI is InChI=1S/C50H32Si/c1-2-15-39(16-3-1)51-40-28-29-46-48(32-40)49(35-25-22-34(23-26-35)37-27-24-33-12-4-5-13-36(33)30-37)44-20-10-11-21-45(44)50(46)47-31-38-14-6-7-17-41(38)42-18-8-9-19-43(42)47/h1-32H. The van der Waals surface area contributed by atoms with E-state index in [4.69, 9.17) is 0 Å². The number of benzene rings is 10. The van der Waals surface area contributed by atoms with E-state index in [0.29, 0.717) is 9.52 Å². The van der Waals surface area contributed by atoms with E-state index in [1.54, 1.807) is 0 Å². The highest BCUT2D eigenvalue weighted by Crippen LogP contribution is 2.46. The van der Waals surface area contributed by atoms with Crippen LogP contribution in [0.3, 0.4) is 0 Å². The molecule has 0 aliphatic carbocycles. The molecule has 51 heavy (non-hydrogen) atoms. The summed E-state index contributed by atoms with van der Waals surface area (Å²) in [6.07, 6.45) is 0. The molecule has 0 aliphatic heterocycles. The van der Waals surface area contributed by atoms with Crippen LogP contribution in [-0.2, 0) is 0 Å². The third-order valence-corrected chi connectivity index (χ3v) is 11.6. The van der Waals surface area contributed by atoms with Crippen molar-refractivity contribution in [3.63, 3.8) is 0 Å². The minimum absolute atomic E-state index is 0.577. The predicted octanol–water partition coefficient (Wildman–Crippen LogP) is 12.1. The molecular weight excluding hydrogens is 629 g/mol. The first-order valence-electron chi connectivity index (χ1n) is 17.6. The molecule has 0 fully saturated rings. The van der Waals surface area contributed by atoms with Crippen molar-refractivity contribution in [1.82, 2.24) is 0 Å². The van der Waals surface area contributed by atoms with Crippen LogP contribution in [0.4, 0.5) is 0 Å². The Morgan fingerprint density at radius 2 is 0.824 bits per heavy atom.